The molecule has 0 N–H and O–H groups in total. The van der Waals surface area contributed by atoms with E-state index >= 15 is 0 Å². The van der Waals surface area contributed by atoms with Gasteiger partial charge < -0.3 is 9.30 Å². The van der Waals surface area contributed by atoms with Crippen LogP contribution in [0.15, 0.2) is 18.2 Å². The van der Waals surface area contributed by atoms with Gasteiger partial charge in [0.2, 0.25) is 0 Å². The molecular formula is C17H23ClN2O. The standard InChI is InChI=1S/C17H23ClN2O/c1-13-5-4-8-15-17(13)20(16(19-15)9-10-18)11-12-21-14-6-2-3-7-14/h4-5,8,14H,2-3,6-7,9-12H2,1H3. The second-order valence-electron chi connectivity index (χ2n) is 5.84. The number of hydrogen-bond acceptors (Lipinski definition) is 2. The van der Waals surface area contributed by atoms with E-state index in [1.165, 1.54) is 36.8 Å². The molecule has 0 atom stereocenters. The molecule has 1 saturated carbocycles. The zero-order chi connectivity index (χ0) is 14.7. The van der Waals surface area contributed by atoms with E-state index in [1.54, 1.807) is 0 Å². The van der Waals surface area contributed by atoms with Crippen LogP contribution in [-0.2, 0) is 17.7 Å². The fraction of sp³-hybridized carbons (Fsp3) is 0.588. The van der Waals surface area contributed by atoms with Crippen LogP contribution in [0.1, 0.15) is 37.1 Å². The first kappa shape index (κ1) is 14.9. The first-order valence-electron chi connectivity index (χ1n) is 7.92. The maximum atomic E-state index is 6.02. The van der Waals surface area contributed by atoms with Crippen LogP contribution in [0.4, 0.5) is 0 Å². The van der Waals surface area contributed by atoms with Gasteiger partial charge in [0.25, 0.3) is 0 Å². The van der Waals surface area contributed by atoms with E-state index in [0.717, 1.165) is 30.9 Å². The number of alkyl halides is 1. The lowest BCUT2D eigenvalue weighted by molar-refractivity contribution is 0.0531. The van der Waals surface area contributed by atoms with Gasteiger partial charge in [-0.15, -0.1) is 11.6 Å². The lowest BCUT2D eigenvalue weighted by Gasteiger charge is -2.14. The van der Waals surface area contributed by atoms with E-state index in [9.17, 15) is 0 Å². The monoisotopic (exact) mass is 306 g/mol. The highest BCUT2D eigenvalue weighted by atomic mass is 35.5. The highest BCUT2D eigenvalue weighted by Gasteiger charge is 2.16. The van der Waals surface area contributed by atoms with Crippen LogP contribution in [0.2, 0.25) is 0 Å². The van der Waals surface area contributed by atoms with Crippen molar-refractivity contribution in [2.45, 2.75) is 51.7 Å². The Morgan fingerprint density at radius 1 is 1.33 bits per heavy atom. The SMILES string of the molecule is Cc1cccc2nc(CCCl)n(CCOC3CCCC3)c12. The first-order valence-corrected chi connectivity index (χ1v) is 8.45. The minimum atomic E-state index is 0.470. The number of nitrogens with zero attached hydrogens (tertiary/aromatic N) is 2. The summed E-state index contributed by atoms with van der Waals surface area (Å²) in [6.07, 6.45) is 6.34. The van der Waals surface area contributed by atoms with Gasteiger partial charge in [0.05, 0.1) is 23.7 Å². The van der Waals surface area contributed by atoms with Crippen LogP contribution in [0.5, 0.6) is 0 Å². The predicted molar refractivity (Wildman–Crippen MR) is 87.1 cm³/mol. The second kappa shape index (κ2) is 6.80. The molecule has 21 heavy (non-hydrogen) atoms. The molecule has 3 nitrogen and oxygen atoms in total. The van der Waals surface area contributed by atoms with Gasteiger partial charge in [0.1, 0.15) is 5.82 Å². The smallest absolute Gasteiger partial charge is 0.111 e. The Bertz CT molecular complexity index is 602. The fourth-order valence-corrected chi connectivity index (χ4v) is 3.46. The highest BCUT2D eigenvalue weighted by molar-refractivity contribution is 6.17. The number of halogens is 1. The lowest BCUT2D eigenvalue weighted by atomic mass is 10.2. The van der Waals surface area contributed by atoms with Gasteiger partial charge in [-0.2, -0.15) is 0 Å². The zero-order valence-electron chi connectivity index (χ0n) is 12.6. The third kappa shape index (κ3) is 3.24. The van der Waals surface area contributed by atoms with Gasteiger partial charge in [-0.25, -0.2) is 4.98 Å². The topological polar surface area (TPSA) is 27.1 Å². The third-order valence-electron chi connectivity index (χ3n) is 4.34. The Morgan fingerprint density at radius 2 is 2.14 bits per heavy atom. The molecule has 1 aromatic heterocycles. The lowest BCUT2D eigenvalue weighted by Crippen LogP contribution is -2.15. The quantitative estimate of drug-likeness (QED) is 0.752. The normalized spacial score (nSPS) is 16.1. The van der Waals surface area contributed by atoms with E-state index in [0.29, 0.717) is 12.0 Å². The third-order valence-corrected chi connectivity index (χ3v) is 4.53. The number of aromatic nitrogens is 2. The van der Waals surface area contributed by atoms with Crippen molar-refractivity contribution in [1.29, 1.82) is 0 Å². The summed E-state index contributed by atoms with van der Waals surface area (Å²) in [6, 6.07) is 6.28. The summed E-state index contributed by atoms with van der Waals surface area (Å²) in [5.74, 6) is 1.68. The largest absolute Gasteiger partial charge is 0.376 e. The summed E-state index contributed by atoms with van der Waals surface area (Å²) in [5, 5.41) is 0. The predicted octanol–water partition coefficient (Wildman–Crippen LogP) is 4.09. The van der Waals surface area contributed by atoms with Crippen molar-refractivity contribution < 1.29 is 4.74 Å². The zero-order valence-corrected chi connectivity index (χ0v) is 13.4. The molecule has 0 radical (unpaired) electrons. The van der Waals surface area contributed by atoms with Gasteiger partial charge in [0.15, 0.2) is 0 Å². The molecule has 1 heterocycles. The minimum Gasteiger partial charge on any atom is -0.376 e. The molecule has 0 amide bonds. The van der Waals surface area contributed by atoms with E-state index < -0.39 is 0 Å². The minimum absolute atomic E-state index is 0.470. The molecule has 0 aliphatic heterocycles. The first-order chi connectivity index (χ1) is 10.3. The van der Waals surface area contributed by atoms with Crippen LogP contribution < -0.4 is 0 Å². The van der Waals surface area contributed by atoms with Crippen molar-refractivity contribution >= 4 is 22.6 Å². The van der Waals surface area contributed by atoms with Crippen molar-refractivity contribution in [2.24, 2.45) is 0 Å². The summed E-state index contributed by atoms with van der Waals surface area (Å²) in [4.78, 5) is 4.74. The maximum Gasteiger partial charge on any atom is 0.111 e. The highest BCUT2D eigenvalue weighted by Crippen LogP contribution is 2.23. The number of aryl methyl sites for hydroxylation is 2. The van der Waals surface area contributed by atoms with Crippen molar-refractivity contribution in [3.63, 3.8) is 0 Å². The number of hydrogen-bond donors (Lipinski definition) is 0. The molecule has 0 spiro atoms. The summed E-state index contributed by atoms with van der Waals surface area (Å²) in [5.41, 5.74) is 3.56. The van der Waals surface area contributed by atoms with E-state index in [2.05, 4.69) is 29.7 Å². The molecule has 1 fully saturated rings. The van der Waals surface area contributed by atoms with Gasteiger partial charge in [-0.3, -0.25) is 0 Å². The van der Waals surface area contributed by atoms with Crippen molar-refractivity contribution in [3.05, 3.63) is 29.6 Å². The number of fused-ring (bicyclic) bond motifs is 1. The van der Waals surface area contributed by atoms with Crippen LogP contribution >= 0.6 is 11.6 Å². The number of rotatable bonds is 6. The molecule has 0 bridgehead atoms. The Labute approximate surface area is 131 Å². The Balaban J connectivity index is 1.79. The maximum absolute atomic E-state index is 6.02. The molecule has 0 saturated heterocycles. The second-order valence-corrected chi connectivity index (χ2v) is 6.22. The summed E-state index contributed by atoms with van der Waals surface area (Å²) >= 11 is 5.93. The average molecular weight is 307 g/mol. The Morgan fingerprint density at radius 3 is 2.90 bits per heavy atom. The molecule has 1 aromatic carbocycles. The van der Waals surface area contributed by atoms with Crippen molar-refractivity contribution in [1.82, 2.24) is 9.55 Å². The number of ether oxygens (including phenoxy) is 1. The van der Waals surface area contributed by atoms with Crippen LogP contribution in [0, 0.1) is 6.92 Å². The van der Waals surface area contributed by atoms with Crippen molar-refractivity contribution in [3.8, 4) is 0 Å². The average Bonchev–Trinajstić information content (AvgIpc) is 3.09. The molecule has 3 rings (SSSR count). The molecule has 1 aliphatic carbocycles. The Hall–Kier alpha value is -1.06. The number of imidazole rings is 1. The van der Waals surface area contributed by atoms with Gasteiger partial charge in [-0.1, -0.05) is 25.0 Å². The Kier molecular flexibility index (Phi) is 4.81. The number of benzene rings is 1. The van der Waals surface area contributed by atoms with Crippen molar-refractivity contribution in [2.75, 3.05) is 12.5 Å². The van der Waals surface area contributed by atoms with E-state index in [1.807, 2.05) is 0 Å². The molecular weight excluding hydrogens is 284 g/mol. The molecule has 4 heteroatoms. The number of para-hydroxylation sites is 1. The fourth-order valence-electron chi connectivity index (χ4n) is 3.30. The van der Waals surface area contributed by atoms with Crippen LogP contribution in [0.3, 0.4) is 0 Å². The summed E-state index contributed by atoms with van der Waals surface area (Å²) in [6.45, 7) is 3.77. The van der Waals surface area contributed by atoms with Crippen LogP contribution in [-0.4, -0.2) is 28.1 Å². The molecule has 1 aliphatic rings. The van der Waals surface area contributed by atoms with Gasteiger partial charge in [0, 0.05) is 18.8 Å². The van der Waals surface area contributed by atoms with E-state index in [4.69, 9.17) is 21.3 Å². The van der Waals surface area contributed by atoms with Crippen LogP contribution in [0.25, 0.3) is 11.0 Å². The van der Waals surface area contributed by atoms with Gasteiger partial charge in [-0.05, 0) is 31.4 Å². The molecule has 114 valence electrons. The van der Waals surface area contributed by atoms with E-state index in [-0.39, 0.29) is 0 Å². The molecule has 0 unspecified atom stereocenters. The summed E-state index contributed by atoms with van der Waals surface area (Å²) in [7, 11) is 0. The molecule has 2 aromatic rings. The summed E-state index contributed by atoms with van der Waals surface area (Å²) < 4.78 is 8.31. The van der Waals surface area contributed by atoms with Gasteiger partial charge >= 0.3 is 0 Å².